The molecule has 5 nitrogen and oxygen atoms in total. The predicted octanol–water partition coefficient (Wildman–Crippen LogP) is 2.94. The average Bonchev–Trinajstić information content (AvgIpc) is 2.53. The molecule has 23 heavy (non-hydrogen) atoms. The van der Waals surface area contributed by atoms with Crippen LogP contribution in [0.1, 0.15) is 31.4 Å². The molecule has 1 heterocycles. The van der Waals surface area contributed by atoms with Gasteiger partial charge in [0.2, 0.25) is 0 Å². The molecule has 120 valence electrons. The standard InChI is InChI=1S/C18H22N4O/c1-18(2,23-17(19)20)13-6-7-14-12(10-13)4-3-5-15(14)16-11-21-8-9-22-16/h3-5,8-9,11,13H,6-7,10H2,1-2H3,(H3,19,20). The summed E-state index contributed by atoms with van der Waals surface area (Å²) in [5, 5.41) is 7.40. The number of hydrogen-bond donors (Lipinski definition) is 2. The van der Waals surface area contributed by atoms with Gasteiger partial charge >= 0.3 is 0 Å². The Morgan fingerprint density at radius 3 is 2.87 bits per heavy atom. The van der Waals surface area contributed by atoms with E-state index >= 15 is 0 Å². The molecule has 0 fully saturated rings. The second kappa shape index (κ2) is 5.99. The van der Waals surface area contributed by atoms with E-state index in [0.717, 1.165) is 25.0 Å². The van der Waals surface area contributed by atoms with Gasteiger partial charge < -0.3 is 10.5 Å². The van der Waals surface area contributed by atoms with E-state index in [9.17, 15) is 0 Å². The van der Waals surface area contributed by atoms with Crippen LogP contribution in [-0.2, 0) is 17.6 Å². The van der Waals surface area contributed by atoms with Crippen LogP contribution < -0.4 is 5.73 Å². The van der Waals surface area contributed by atoms with Gasteiger partial charge in [-0.25, -0.2) is 0 Å². The first-order valence-electron chi connectivity index (χ1n) is 7.87. The molecule has 1 aliphatic carbocycles. The molecular weight excluding hydrogens is 288 g/mol. The fourth-order valence-electron chi connectivity index (χ4n) is 3.45. The molecule has 1 aromatic carbocycles. The van der Waals surface area contributed by atoms with Gasteiger partial charge in [0.05, 0.1) is 11.9 Å². The Hall–Kier alpha value is -2.43. The summed E-state index contributed by atoms with van der Waals surface area (Å²) in [5.41, 5.74) is 9.75. The van der Waals surface area contributed by atoms with Crippen molar-refractivity contribution in [2.24, 2.45) is 11.7 Å². The van der Waals surface area contributed by atoms with Gasteiger partial charge in [-0.2, -0.15) is 0 Å². The lowest BCUT2D eigenvalue weighted by molar-refractivity contribution is 0.0220. The van der Waals surface area contributed by atoms with Crippen LogP contribution in [0, 0.1) is 11.3 Å². The van der Waals surface area contributed by atoms with Crippen molar-refractivity contribution in [1.29, 1.82) is 5.41 Å². The topological polar surface area (TPSA) is 84.9 Å². The number of amidine groups is 1. The number of nitrogens with two attached hydrogens (primary N) is 1. The van der Waals surface area contributed by atoms with Gasteiger partial charge in [-0.1, -0.05) is 18.2 Å². The van der Waals surface area contributed by atoms with E-state index in [0.29, 0.717) is 5.92 Å². The molecule has 1 aromatic heterocycles. The summed E-state index contributed by atoms with van der Waals surface area (Å²) in [6.07, 6.45) is 8.12. The van der Waals surface area contributed by atoms with Crippen LogP contribution in [0.15, 0.2) is 36.8 Å². The highest BCUT2D eigenvalue weighted by atomic mass is 16.5. The molecule has 0 spiro atoms. The van der Waals surface area contributed by atoms with Crippen molar-refractivity contribution in [3.63, 3.8) is 0 Å². The van der Waals surface area contributed by atoms with Crippen LogP contribution >= 0.6 is 0 Å². The van der Waals surface area contributed by atoms with Crippen molar-refractivity contribution >= 4 is 6.02 Å². The Balaban J connectivity index is 1.90. The minimum Gasteiger partial charge on any atom is -0.459 e. The third-order valence-electron chi connectivity index (χ3n) is 4.68. The van der Waals surface area contributed by atoms with E-state index < -0.39 is 5.60 Å². The number of rotatable bonds is 3. The molecule has 1 aliphatic rings. The molecule has 0 saturated carbocycles. The SMILES string of the molecule is CC(C)(OC(=N)N)C1CCc2c(cccc2-c2cnccn2)C1. The quantitative estimate of drug-likeness (QED) is 0.674. The van der Waals surface area contributed by atoms with Crippen molar-refractivity contribution in [1.82, 2.24) is 9.97 Å². The van der Waals surface area contributed by atoms with Gasteiger partial charge in [0.1, 0.15) is 5.60 Å². The molecule has 5 heteroatoms. The maximum atomic E-state index is 7.40. The maximum Gasteiger partial charge on any atom is 0.279 e. The lowest BCUT2D eigenvalue weighted by Gasteiger charge is -2.37. The van der Waals surface area contributed by atoms with Crippen LogP contribution in [0.5, 0.6) is 0 Å². The molecule has 2 aromatic rings. The molecule has 0 aliphatic heterocycles. The molecule has 3 rings (SSSR count). The number of nitrogens with zero attached hydrogens (tertiary/aromatic N) is 2. The minimum absolute atomic E-state index is 0.214. The summed E-state index contributed by atoms with van der Waals surface area (Å²) in [4.78, 5) is 8.61. The van der Waals surface area contributed by atoms with Gasteiger partial charge in [0.25, 0.3) is 6.02 Å². The van der Waals surface area contributed by atoms with Crippen LogP contribution in [-0.4, -0.2) is 21.6 Å². The summed E-state index contributed by atoms with van der Waals surface area (Å²) in [6.45, 7) is 4.02. The van der Waals surface area contributed by atoms with Crippen LogP contribution in [0.4, 0.5) is 0 Å². The molecule has 0 bridgehead atoms. The second-order valence-electron chi connectivity index (χ2n) is 6.54. The zero-order chi connectivity index (χ0) is 16.4. The monoisotopic (exact) mass is 310 g/mol. The molecule has 3 N–H and O–H groups in total. The van der Waals surface area contributed by atoms with Crippen LogP contribution in [0.25, 0.3) is 11.3 Å². The fourth-order valence-corrected chi connectivity index (χ4v) is 3.45. The van der Waals surface area contributed by atoms with E-state index in [1.54, 1.807) is 12.4 Å². The summed E-state index contributed by atoms with van der Waals surface area (Å²) in [7, 11) is 0. The largest absolute Gasteiger partial charge is 0.459 e. The maximum absolute atomic E-state index is 7.40. The number of benzene rings is 1. The molecule has 1 atom stereocenters. The highest BCUT2D eigenvalue weighted by Gasteiger charge is 2.35. The Morgan fingerprint density at radius 2 is 2.17 bits per heavy atom. The molecule has 0 radical (unpaired) electrons. The van der Waals surface area contributed by atoms with Gasteiger partial charge in [0.15, 0.2) is 0 Å². The van der Waals surface area contributed by atoms with Gasteiger partial charge in [0, 0.05) is 23.9 Å². The molecule has 0 amide bonds. The summed E-state index contributed by atoms with van der Waals surface area (Å²) >= 11 is 0. The van der Waals surface area contributed by atoms with Crippen molar-refractivity contribution in [2.45, 2.75) is 38.7 Å². The number of nitrogens with one attached hydrogen (secondary N) is 1. The Labute approximate surface area is 136 Å². The van der Waals surface area contributed by atoms with Gasteiger partial charge in [-0.05, 0) is 44.2 Å². The Morgan fingerprint density at radius 1 is 1.35 bits per heavy atom. The average molecular weight is 310 g/mol. The first-order chi connectivity index (χ1) is 11.0. The Bertz CT molecular complexity index is 712. The van der Waals surface area contributed by atoms with E-state index in [1.165, 1.54) is 16.7 Å². The third-order valence-corrected chi connectivity index (χ3v) is 4.68. The first kappa shape index (κ1) is 15.5. The number of ether oxygens (including phenoxy) is 1. The fraction of sp³-hybridized carbons (Fsp3) is 0.389. The lowest BCUT2D eigenvalue weighted by Crippen LogP contribution is -2.41. The van der Waals surface area contributed by atoms with E-state index in [1.807, 2.05) is 20.0 Å². The normalized spacial score (nSPS) is 17.4. The zero-order valence-corrected chi connectivity index (χ0v) is 13.5. The molecule has 0 saturated heterocycles. The molecular formula is C18H22N4O. The van der Waals surface area contributed by atoms with E-state index in [-0.39, 0.29) is 6.02 Å². The zero-order valence-electron chi connectivity index (χ0n) is 13.5. The third kappa shape index (κ3) is 3.18. The summed E-state index contributed by atoms with van der Waals surface area (Å²) < 4.78 is 5.55. The highest BCUT2D eigenvalue weighted by molar-refractivity contribution is 5.68. The van der Waals surface area contributed by atoms with Crippen molar-refractivity contribution < 1.29 is 4.74 Å². The number of aromatic nitrogens is 2. The predicted molar refractivity (Wildman–Crippen MR) is 90.1 cm³/mol. The smallest absolute Gasteiger partial charge is 0.279 e. The van der Waals surface area contributed by atoms with Crippen molar-refractivity contribution in [3.8, 4) is 11.3 Å². The van der Waals surface area contributed by atoms with E-state index in [4.69, 9.17) is 15.9 Å². The van der Waals surface area contributed by atoms with Crippen molar-refractivity contribution in [2.75, 3.05) is 0 Å². The minimum atomic E-state index is -0.438. The highest BCUT2D eigenvalue weighted by Crippen LogP contribution is 2.37. The first-order valence-corrected chi connectivity index (χ1v) is 7.87. The number of fused-ring (bicyclic) bond motifs is 1. The van der Waals surface area contributed by atoms with Crippen molar-refractivity contribution in [3.05, 3.63) is 47.9 Å². The number of hydrogen-bond acceptors (Lipinski definition) is 4. The summed E-state index contributed by atoms with van der Waals surface area (Å²) in [6, 6.07) is 6.14. The van der Waals surface area contributed by atoms with E-state index in [2.05, 4.69) is 28.2 Å². The van der Waals surface area contributed by atoms with Crippen LogP contribution in [0.3, 0.4) is 0 Å². The second-order valence-corrected chi connectivity index (χ2v) is 6.54. The van der Waals surface area contributed by atoms with Gasteiger partial charge in [-0.3, -0.25) is 15.4 Å². The van der Waals surface area contributed by atoms with Gasteiger partial charge in [-0.15, -0.1) is 0 Å². The van der Waals surface area contributed by atoms with Crippen LogP contribution in [0.2, 0.25) is 0 Å². The molecule has 1 unspecified atom stereocenters. The Kier molecular flexibility index (Phi) is 4.03. The summed E-state index contributed by atoms with van der Waals surface area (Å²) in [5.74, 6) is 0.330. The lowest BCUT2D eigenvalue weighted by atomic mass is 9.74.